The summed E-state index contributed by atoms with van der Waals surface area (Å²) >= 11 is 7.45. The van der Waals surface area contributed by atoms with Gasteiger partial charge in [0.05, 0.1) is 21.8 Å². The van der Waals surface area contributed by atoms with Crippen LogP contribution >= 0.6 is 22.9 Å². The number of aliphatic hydroxyl groups is 1. The Kier molecular flexibility index (Phi) is 5.36. The standard InChI is InChI=1S/C29H19ClN2O3S/c1-16-6-4-9-18(14-16)25-24(26(33)21-11-5-8-17-7-2-3-10-20(17)21)27(34)28(35)32(25)29-31-22-13-12-19(30)15-23(22)36-29/h2-15,25,33H,1H3/b26-24+. The van der Waals surface area contributed by atoms with Gasteiger partial charge in [0, 0.05) is 10.6 Å². The summed E-state index contributed by atoms with van der Waals surface area (Å²) in [4.78, 5) is 33.1. The Labute approximate surface area is 215 Å². The topological polar surface area (TPSA) is 70.5 Å². The van der Waals surface area contributed by atoms with E-state index in [0.29, 0.717) is 26.8 Å². The van der Waals surface area contributed by atoms with Crippen molar-refractivity contribution in [2.24, 2.45) is 0 Å². The Morgan fingerprint density at radius 2 is 1.75 bits per heavy atom. The molecule has 1 aromatic heterocycles. The number of Topliss-reactive ketones (excluding diaryl/α,β-unsaturated/α-hetero) is 1. The van der Waals surface area contributed by atoms with Crippen molar-refractivity contribution in [1.29, 1.82) is 0 Å². The molecule has 1 aliphatic rings. The highest BCUT2D eigenvalue weighted by atomic mass is 35.5. The van der Waals surface area contributed by atoms with Gasteiger partial charge in [0.2, 0.25) is 0 Å². The molecule has 5 nitrogen and oxygen atoms in total. The fourth-order valence-electron chi connectivity index (χ4n) is 4.75. The van der Waals surface area contributed by atoms with Crippen molar-refractivity contribution in [3.05, 3.63) is 112 Å². The van der Waals surface area contributed by atoms with E-state index in [4.69, 9.17) is 11.6 Å². The zero-order chi connectivity index (χ0) is 25.0. The number of fused-ring (bicyclic) bond motifs is 2. The maximum atomic E-state index is 13.5. The minimum Gasteiger partial charge on any atom is -0.507 e. The van der Waals surface area contributed by atoms with E-state index < -0.39 is 17.7 Å². The second-order valence-electron chi connectivity index (χ2n) is 8.72. The lowest BCUT2D eigenvalue weighted by Crippen LogP contribution is -2.29. The summed E-state index contributed by atoms with van der Waals surface area (Å²) in [6.45, 7) is 1.94. The molecule has 176 valence electrons. The highest BCUT2D eigenvalue weighted by Gasteiger charge is 2.48. The normalized spacial score (nSPS) is 17.4. The number of thiazole rings is 1. The van der Waals surface area contributed by atoms with Gasteiger partial charge in [-0.15, -0.1) is 0 Å². The van der Waals surface area contributed by atoms with Gasteiger partial charge in [0.15, 0.2) is 5.13 Å². The number of aromatic nitrogens is 1. The van der Waals surface area contributed by atoms with Crippen LogP contribution in [0, 0.1) is 6.92 Å². The van der Waals surface area contributed by atoms with E-state index in [9.17, 15) is 14.7 Å². The highest BCUT2D eigenvalue weighted by Crippen LogP contribution is 2.45. The molecule has 1 fully saturated rings. The van der Waals surface area contributed by atoms with Crippen molar-refractivity contribution in [3.63, 3.8) is 0 Å². The van der Waals surface area contributed by atoms with E-state index >= 15 is 0 Å². The first kappa shape index (κ1) is 22.5. The third-order valence-corrected chi connectivity index (χ3v) is 7.64. The van der Waals surface area contributed by atoms with Gasteiger partial charge in [-0.05, 0) is 41.5 Å². The lowest BCUT2D eigenvalue weighted by molar-refractivity contribution is -0.132. The number of amides is 1. The van der Waals surface area contributed by atoms with Crippen molar-refractivity contribution < 1.29 is 14.7 Å². The number of carbonyl (C=O) groups excluding carboxylic acids is 2. The van der Waals surface area contributed by atoms with Gasteiger partial charge in [-0.2, -0.15) is 0 Å². The molecule has 5 aromatic rings. The summed E-state index contributed by atoms with van der Waals surface area (Å²) < 4.78 is 0.802. The van der Waals surface area contributed by atoms with Gasteiger partial charge in [-0.3, -0.25) is 14.5 Å². The van der Waals surface area contributed by atoms with Crippen molar-refractivity contribution in [2.75, 3.05) is 4.90 Å². The number of benzene rings is 4. The number of ketones is 1. The number of nitrogens with zero attached hydrogens (tertiary/aromatic N) is 2. The van der Waals surface area contributed by atoms with Gasteiger partial charge in [-0.25, -0.2) is 4.98 Å². The predicted molar refractivity (Wildman–Crippen MR) is 145 cm³/mol. The zero-order valence-electron chi connectivity index (χ0n) is 19.1. The number of hydrogen-bond acceptors (Lipinski definition) is 5. The van der Waals surface area contributed by atoms with Crippen LogP contribution in [0.25, 0.3) is 26.7 Å². The van der Waals surface area contributed by atoms with Gasteiger partial charge in [0.1, 0.15) is 5.76 Å². The summed E-state index contributed by atoms with van der Waals surface area (Å²) in [7, 11) is 0. The van der Waals surface area contributed by atoms with Crippen LogP contribution in [0.5, 0.6) is 0 Å². The molecule has 0 spiro atoms. The number of carbonyl (C=O) groups is 2. The number of rotatable bonds is 3. The molecule has 1 amide bonds. The average Bonchev–Trinajstić information content (AvgIpc) is 3.41. The molecule has 7 heteroatoms. The second-order valence-corrected chi connectivity index (χ2v) is 10.2. The van der Waals surface area contributed by atoms with Crippen molar-refractivity contribution in [3.8, 4) is 0 Å². The summed E-state index contributed by atoms with van der Waals surface area (Å²) in [5.41, 5.74) is 2.91. The van der Waals surface area contributed by atoms with Gasteiger partial charge < -0.3 is 5.11 Å². The number of aryl methyl sites for hydroxylation is 1. The SMILES string of the molecule is Cc1cccc(C2/C(=C(\O)c3cccc4ccccc34)C(=O)C(=O)N2c2nc3ccc(Cl)cc3s2)c1. The van der Waals surface area contributed by atoms with E-state index in [1.165, 1.54) is 16.2 Å². The number of aliphatic hydroxyl groups excluding tert-OH is 1. The molecule has 0 radical (unpaired) electrons. The molecule has 0 bridgehead atoms. The fourth-order valence-corrected chi connectivity index (χ4v) is 6.02. The van der Waals surface area contributed by atoms with Crippen LogP contribution in [0.2, 0.25) is 5.02 Å². The van der Waals surface area contributed by atoms with Crippen LogP contribution in [0.15, 0.2) is 90.5 Å². The molecule has 1 N–H and O–H groups in total. The Bertz CT molecular complexity index is 1730. The molecule has 2 heterocycles. The third-order valence-electron chi connectivity index (χ3n) is 6.39. The van der Waals surface area contributed by atoms with Crippen LogP contribution in [0.1, 0.15) is 22.7 Å². The first-order valence-corrected chi connectivity index (χ1v) is 12.5. The van der Waals surface area contributed by atoms with Crippen molar-refractivity contribution in [2.45, 2.75) is 13.0 Å². The molecule has 0 saturated carbocycles. The largest absolute Gasteiger partial charge is 0.507 e. The van der Waals surface area contributed by atoms with Crippen LogP contribution in [-0.2, 0) is 9.59 Å². The zero-order valence-corrected chi connectivity index (χ0v) is 20.7. The molecule has 36 heavy (non-hydrogen) atoms. The van der Waals surface area contributed by atoms with Crippen LogP contribution in [0.4, 0.5) is 5.13 Å². The smallest absolute Gasteiger partial charge is 0.301 e. The maximum Gasteiger partial charge on any atom is 0.301 e. The maximum absolute atomic E-state index is 13.5. The quantitative estimate of drug-likeness (QED) is 0.160. The average molecular weight is 511 g/mol. The first-order valence-electron chi connectivity index (χ1n) is 11.3. The molecule has 1 saturated heterocycles. The number of halogens is 1. The Morgan fingerprint density at radius 3 is 2.58 bits per heavy atom. The minimum absolute atomic E-state index is 0.0410. The third kappa shape index (κ3) is 3.58. The van der Waals surface area contributed by atoms with E-state index in [-0.39, 0.29) is 11.3 Å². The lowest BCUT2D eigenvalue weighted by Gasteiger charge is -2.23. The summed E-state index contributed by atoms with van der Waals surface area (Å²) in [6, 6.07) is 25.2. The predicted octanol–water partition coefficient (Wildman–Crippen LogP) is 7.04. The second kappa shape index (κ2) is 8.59. The summed E-state index contributed by atoms with van der Waals surface area (Å²) in [6.07, 6.45) is 0. The summed E-state index contributed by atoms with van der Waals surface area (Å²) in [5, 5.41) is 14.2. The Balaban J connectivity index is 1.61. The molecule has 0 aliphatic carbocycles. The number of hydrogen-bond donors (Lipinski definition) is 1. The van der Waals surface area contributed by atoms with E-state index in [0.717, 1.165) is 21.0 Å². The van der Waals surface area contributed by atoms with Gasteiger partial charge in [0.25, 0.3) is 5.78 Å². The fraction of sp³-hybridized carbons (Fsp3) is 0.0690. The van der Waals surface area contributed by atoms with E-state index in [2.05, 4.69) is 4.98 Å². The highest BCUT2D eigenvalue weighted by molar-refractivity contribution is 7.22. The van der Waals surface area contributed by atoms with Crippen molar-refractivity contribution >= 4 is 66.5 Å². The van der Waals surface area contributed by atoms with Crippen molar-refractivity contribution in [1.82, 2.24) is 4.98 Å². The number of anilines is 1. The van der Waals surface area contributed by atoms with E-state index in [1.807, 2.05) is 67.6 Å². The molecular weight excluding hydrogens is 492 g/mol. The van der Waals surface area contributed by atoms with E-state index in [1.54, 1.807) is 24.3 Å². The molecule has 6 rings (SSSR count). The molecular formula is C29H19ClN2O3S. The lowest BCUT2D eigenvalue weighted by atomic mass is 9.93. The van der Waals surface area contributed by atoms with Crippen LogP contribution in [-0.4, -0.2) is 21.8 Å². The molecule has 1 aliphatic heterocycles. The molecule has 1 unspecified atom stereocenters. The molecule has 4 aromatic carbocycles. The van der Waals surface area contributed by atoms with Gasteiger partial charge in [-0.1, -0.05) is 95.2 Å². The summed E-state index contributed by atoms with van der Waals surface area (Å²) in [5.74, 6) is -1.68. The van der Waals surface area contributed by atoms with Gasteiger partial charge >= 0.3 is 5.91 Å². The van der Waals surface area contributed by atoms with Crippen LogP contribution < -0.4 is 4.90 Å². The molecule has 1 atom stereocenters. The Morgan fingerprint density at radius 1 is 0.972 bits per heavy atom. The first-order chi connectivity index (χ1) is 17.4. The minimum atomic E-state index is -0.833. The Hall–Kier alpha value is -4.00. The van der Waals surface area contributed by atoms with Crippen LogP contribution in [0.3, 0.4) is 0 Å². The monoisotopic (exact) mass is 510 g/mol.